The van der Waals surface area contributed by atoms with Gasteiger partial charge in [0.15, 0.2) is 0 Å². The second-order valence-corrected chi connectivity index (χ2v) is 4.78. The highest BCUT2D eigenvalue weighted by Crippen LogP contribution is 2.12. The number of rotatable bonds is 9. The minimum Gasteiger partial charge on any atom is -0.497 e. The molecule has 1 aromatic carbocycles. The maximum atomic E-state index is 11.7. The summed E-state index contributed by atoms with van der Waals surface area (Å²) in [7, 11) is 1.64. The number of ether oxygens (including phenoxy) is 1. The minimum absolute atomic E-state index is 0.0506. The molecule has 1 N–H and O–H groups in total. The third-order valence-electron chi connectivity index (χ3n) is 3.39. The molecule has 1 aromatic rings. The van der Waals surface area contributed by atoms with Crippen LogP contribution in [0.1, 0.15) is 25.8 Å². The summed E-state index contributed by atoms with van der Waals surface area (Å²) in [4.78, 5) is 14.0. The highest BCUT2D eigenvalue weighted by atomic mass is 16.5. The summed E-state index contributed by atoms with van der Waals surface area (Å²) in [6.07, 6.45) is 4.35. The van der Waals surface area contributed by atoms with E-state index in [0.29, 0.717) is 6.54 Å². The van der Waals surface area contributed by atoms with Crippen LogP contribution in [0.5, 0.6) is 5.75 Å². The Kier molecular flexibility index (Phi) is 8.21. The third kappa shape index (κ3) is 6.95. The van der Waals surface area contributed by atoms with Gasteiger partial charge < -0.3 is 15.0 Å². The molecular weight excluding hydrogens is 264 g/mol. The van der Waals surface area contributed by atoms with Crippen LogP contribution < -0.4 is 10.1 Å². The first-order chi connectivity index (χ1) is 10.2. The van der Waals surface area contributed by atoms with Crippen molar-refractivity contribution < 1.29 is 9.53 Å². The number of hydrogen-bond donors (Lipinski definition) is 1. The van der Waals surface area contributed by atoms with Gasteiger partial charge in [-0.2, -0.15) is 0 Å². The lowest BCUT2D eigenvalue weighted by Crippen LogP contribution is -2.29. The Balaban J connectivity index is 2.27. The predicted octanol–water partition coefficient (Wildman–Crippen LogP) is 2.56. The van der Waals surface area contributed by atoms with Crippen LogP contribution in [0.3, 0.4) is 0 Å². The van der Waals surface area contributed by atoms with Crippen LogP contribution in [0, 0.1) is 0 Å². The van der Waals surface area contributed by atoms with E-state index >= 15 is 0 Å². The number of hydrogen-bond acceptors (Lipinski definition) is 3. The molecule has 4 nitrogen and oxygen atoms in total. The Hall–Kier alpha value is -1.81. The monoisotopic (exact) mass is 290 g/mol. The number of nitrogens with one attached hydrogen (secondary N) is 1. The Morgan fingerprint density at radius 1 is 1.24 bits per heavy atom. The SMILES string of the molecule is CCN(CC)CCCNC(=O)/C=C/c1ccc(OC)cc1. The fraction of sp³-hybridized carbons (Fsp3) is 0.471. The van der Waals surface area contributed by atoms with Gasteiger partial charge in [-0.15, -0.1) is 0 Å². The van der Waals surface area contributed by atoms with Crippen molar-refractivity contribution in [1.82, 2.24) is 10.2 Å². The first-order valence-corrected chi connectivity index (χ1v) is 7.51. The van der Waals surface area contributed by atoms with E-state index < -0.39 is 0 Å². The molecule has 0 aliphatic rings. The maximum Gasteiger partial charge on any atom is 0.243 e. The largest absolute Gasteiger partial charge is 0.497 e. The lowest BCUT2D eigenvalue weighted by molar-refractivity contribution is -0.116. The van der Waals surface area contributed by atoms with Crippen molar-refractivity contribution in [2.45, 2.75) is 20.3 Å². The standard InChI is InChI=1S/C17H26N2O2/c1-4-19(5-2)14-6-13-18-17(20)12-9-15-7-10-16(21-3)11-8-15/h7-12H,4-6,13-14H2,1-3H3,(H,18,20)/b12-9+. The van der Waals surface area contributed by atoms with Crippen LogP contribution >= 0.6 is 0 Å². The minimum atomic E-state index is -0.0506. The van der Waals surface area contributed by atoms with Gasteiger partial charge in [-0.3, -0.25) is 4.79 Å². The molecule has 0 fully saturated rings. The Labute approximate surface area is 127 Å². The molecule has 0 saturated heterocycles. The fourth-order valence-corrected chi connectivity index (χ4v) is 2.00. The zero-order chi connectivity index (χ0) is 15.5. The summed E-state index contributed by atoms with van der Waals surface area (Å²) in [6, 6.07) is 7.59. The maximum absolute atomic E-state index is 11.7. The quantitative estimate of drug-likeness (QED) is 0.561. The lowest BCUT2D eigenvalue weighted by atomic mass is 10.2. The molecule has 1 rings (SSSR count). The molecule has 4 heteroatoms. The van der Waals surface area contributed by atoms with E-state index in [1.54, 1.807) is 19.3 Å². The number of carbonyl (C=O) groups excluding carboxylic acids is 1. The zero-order valence-corrected chi connectivity index (χ0v) is 13.3. The molecule has 116 valence electrons. The molecule has 0 unspecified atom stereocenters. The van der Waals surface area contributed by atoms with Gasteiger partial charge in [0.1, 0.15) is 5.75 Å². The van der Waals surface area contributed by atoms with Crippen LogP contribution in [-0.2, 0) is 4.79 Å². The number of carbonyl (C=O) groups is 1. The zero-order valence-electron chi connectivity index (χ0n) is 13.3. The van der Waals surface area contributed by atoms with Gasteiger partial charge in [-0.05, 0) is 49.8 Å². The molecule has 0 spiro atoms. The van der Waals surface area contributed by atoms with Crippen LogP contribution in [0.25, 0.3) is 6.08 Å². The summed E-state index contributed by atoms with van der Waals surface area (Å²) in [5.41, 5.74) is 0.981. The van der Waals surface area contributed by atoms with Gasteiger partial charge in [0.05, 0.1) is 7.11 Å². The van der Waals surface area contributed by atoms with Crippen LogP contribution in [0.15, 0.2) is 30.3 Å². The van der Waals surface area contributed by atoms with Gasteiger partial charge in [-0.25, -0.2) is 0 Å². The number of nitrogens with zero attached hydrogens (tertiary/aromatic N) is 1. The van der Waals surface area contributed by atoms with Crippen molar-refractivity contribution in [3.8, 4) is 5.75 Å². The summed E-state index contributed by atoms with van der Waals surface area (Å²) in [5.74, 6) is 0.762. The van der Waals surface area contributed by atoms with E-state index in [1.165, 1.54) is 0 Å². The number of benzene rings is 1. The Morgan fingerprint density at radius 3 is 2.48 bits per heavy atom. The first kappa shape index (κ1) is 17.2. The Morgan fingerprint density at radius 2 is 1.90 bits per heavy atom. The van der Waals surface area contributed by atoms with E-state index in [2.05, 4.69) is 24.1 Å². The molecule has 0 aliphatic carbocycles. The van der Waals surface area contributed by atoms with Crippen LogP contribution in [-0.4, -0.2) is 44.1 Å². The summed E-state index contributed by atoms with van der Waals surface area (Å²) in [5, 5.41) is 2.90. The molecular formula is C17H26N2O2. The van der Waals surface area contributed by atoms with Crippen molar-refractivity contribution in [1.29, 1.82) is 0 Å². The van der Waals surface area contributed by atoms with Crippen molar-refractivity contribution in [3.05, 3.63) is 35.9 Å². The van der Waals surface area contributed by atoms with Gasteiger partial charge in [0, 0.05) is 12.6 Å². The smallest absolute Gasteiger partial charge is 0.243 e. The molecule has 1 amide bonds. The van der Waals surface area contributed by atoms with Crippen molar-refractivity contribution >= 4 is 12.0 Å². The second-order valence-electron chi connectivity index (χ2n) is 4.78. The highest BCUT2D eigenvalue weighted by Gasteiger charge is 1.99. The van der Waals surface area contributed by atoms with E-state index in [9.17, 15) is 4.79 Å². The van der Waals surface area contributed by atoms with Gasteiger partial charge >= 0.3 is 0 Å². The van der Waals surface area contributed by atoms with Gasteiger partial charge in [-0.1, -0.05) is 26.0 Å². The first-order valence-electron chi connectivity index (χ1n) is 7.51. The molecule has 0 aromatic heterocycles. The van der Waals surface area contributed by atoms with Crippen molar-refractivity contribution in [2.24, 2.45) is 0 Å². The van der Waals surface area contributed by atoms with E-state index in [-0.39, 0.29) is 5.91 Å². The molecule has 0 heterocycles. The fourth-order valence-electron chi connectivity index (χ4n) is 2.00. The normalized spacial score (nSPS) is 11.0. The molecule has 21 heavy (non-hydrogen) atoms. The summed E-state index contributed by atoms with van der Waals surface area (Å²) in [6.45, 7) is 8.15. The van der Waals surface area contributed by atoms with Crippen LogP contribution in [0.4, 0.5) is 0 Å². The second kappa shape index (κ2) is 10.00. The average molecular weight is 290 g/mol. The molecule has 0 bridgehead atoms. The summed E-state index contributed by atoms with van der Waals surface area (Å²) >= 11 is 0. The van der Waals surface area contributed by atoms with Crippen molar-refractivity contribution in [3.63, 3.8) is 0 Å². The topological polar surface area (TPSA) is 41.6 Å². The molecule has 0 atom stereocenters. The number of amides is 1. The Bertz CT molecular complexity index is 437. The van der Waals surface area contributed by atoms with Crippen molar-refractivity contribution in [2.75, 3.05) is 33.3 Å². The van der Waals surface area contributed by atoms with E-state index in [0.717, 1.165) is 37.4 Å². The predicted molar refractivity (Wildman–Crippen MR) is 87.4 cm³/mol. The number of methoxy groups -OCH3 is 1. The summed E-state index contributed by atoms with van der Waals surface area (Å²) < 4.78 is 5.09. The lowest BCUT2D eigenvalue weighted by Gasteiger charge is -2.17. The van der Waals surface area contributed by atoms with Gasteiger partial charge in [0.2, 0.25) is 5.91 Å². The molecule has 0 saturated carbocycles. The van der Waals surface area contributed by atoms with E-state index in [4.69, 9.17) is 4.74 Å². The van der Waals surface area contributed by atoms with Gasteiger partial charge in [0.25, 0.3) is 0 Å². The van der Waals surface area contributed by atoms with E-state index in [1.807, 2.05) is 24.3 Å². The third-order valence-corrected chi connectivity index (χ3v) is 3.39. The van der Waals surface area contributed by atoms with Crippen LogP contribution in [0.2, 0.25) is 0 Å². The average Bonchev–Trinajstić information content (AvgIpc) is 2.53. The molecule has 0 aliphatic heterocycles. The highest BCUT2D eigenvalue weighted by molar-refractivity contribution is 5.91. The molecule has 0 radical (unpaired) electrons.